The van der Waals surface area contributed by atoms with E-state index in [9.17, 15) is 9.59 Å². The zero-order valence-electron chi connectivity index (χ0n) is 21.6. The number of likely N-dealkylation sites (tertiary alicyclic amines) is 2. The molecule has 2 aliphatic rings. The SMILES string of the molecule is CCOC(=O)c1nnc(C2CCN(C3CCN(C(=O)C(N)Cc4cc(C)c5[nH]ncc5c4)CC3)CC2)[nH]1. The summed E-state index contributed by atoms with van der Waals surface area (Å²) in [4.78, 5) is 32.5. The summed E-state index contributed by atoms with van der Waals surface area (Å²) < 4.78 is 4.99. The Morgan fingerprint density at radius 3 is 2.62 bits per heavy atom. The average molecular weight is 509 g/mol. The second kappa shape index (κ2) is 11.0. The minimum Gasteiger partial charge on any atom is -0.460 e. The number of aryl methyl sites for hydroxylation is 1. The van der Waals surface area contributed by atoms with Crippen LogP contribution in [0.4, 0.5) is 0 Å². The van der Waals surface area contributed by atoms with Crippen LogP contribution >= 0.6 is 0 Å². The fourth-order valence-electron chi connectivity index (χ4n) is 5.75. The van der Waals surface area contributed by atoms with Crippen LogP contribution in [-0.4, -0.2) is 91.9 Å². The maximum atomic E-state index is 13.1. The molecule has 3 aromatic rings. The molecule has 1 atom stereocenters. The number of H-pyrrole nitrogens is 2. The lowest BCUT2D eigenvalue weighted by molar-refractivity contribution is -0.134. The van der Waals surface area contributed by atoms with Gasteiger partial charge in [0.2, 0.25) is 11.7 Å². The van der Waals surface area contributed by atoms with Gasteiger partial charge in [0, 0.05) is 30.4 Å². The zero-order valence-corrected chi connectivity index (χ0v) is 21.6. The highest BCUT2D eigenvalue weighted by atomic mass is 16.5. The van der Waals surface area contributed by atoms with Gasteiger partial charge in [0.1, 0.15) is 5.82 Å². The van der Waals surface area contributed by atoms with Gasteiger partial charge in [-0.3, -0.25) is 9.89 Å². The van der Waals surface area contributed by atoms with E-state index in [0.717, 1.165) is 79.7 Å². The molecule has 11 nitrogen and oxygen atoms in total. The van der Waals surface area contributed by atoms with Crippen LogP contribution in [0.15, 0.2) is 18.3 Å². The third kappa shape index (κ3) is 5.52. The fraction of sp³-hybridized carbons (Fsp3) is 0.577. The number of hydrogen-bond acceptors (Lipinski definition) is 8. The third-order valence-electron chi connectivity index (χ3n) is 7.76. The first-order valence-electron chi connectivity index (χ1n) is 13.2. The monoisotopic (exact) mass is 508 g/mol. The molecule has 0 bridgehead atoms. The first-order chi connectivity index (χ1) is 17.9. The van der Waals surface area contributed by atoms with Crippen molar-refractivity contribution in [2.24, 2.45) is 5.73 Å². The highest BCUT2D eigenvalue weighted by Crippen LogP contribution is 2.29. The van der Waals surface area contributed by atoms with Crippen molar-refractivity contribution in [1.29, 1.82) is 0 Å². The number of carbonyl (C=O) groups excluding carboxylic acids is 2. The van der Waals surface area contributed by atoms with E-state index in [0.29, 0.717) is 19.1 Å². The van der Waals surface area contributed by atoms with Crippen LogP contribution in [0.1, 0.15) is 66.1 Å². The van der Waals surface area contributed by atoms with E-state index in [4.69, 9.17) is 10.5 Å². The van der Waals surface area contributed by atoms with Crippen LogP contribution in [0.3, 0.4) is 0 Å². The first kappa shape index (κ1) is 25.3. The fourth-order valence-corrected chi connectivity index (χ4v) is 5.75. The van der Waals surface area contributed by atoms with Crippen molar-refractivity contribution < 1.29 is 14.3 Å². The van der Waals surface area contributed by atoms with Crippen LogP contribution in [0.2, 0.25) is 0 Å². The summed E-state index contributed by atoms with van der Waals surface area (Å²) in [5.74, 6) is 0.765. The molecule has 2 saturated heterocycles. The molecule has 0 saturated carbocycles. The molecule has 2 aliphatic heterocycles. The van der Waals surface area contributed by atoms with Crippen molar-refractivity contribution >= 4 is 22.8 Å². The lowest BCUT2D eigenvalue weighted by atomic mass is 9.92. The van der Waals surface area contributed by atoms with E-state index in [-0.39, 0.29) is 17.6 Å². The van der Waals surface area contributed by atoms with Gasteiger partial charge in [0.25, 0.3) is 0 Å². The summed E-state index contributed by atoms with van der Waals surface area (Å²) in [7, 11) is 0. The normalized spacial score (nSPS) is 18.8. The molecular weight excluding hydrogens is 472 g/mol. The maximum Gasteiger partial charge on any atom is 0.376 e. The van der Waals surface area contributed by atoms with E-state index >= 15 is 0 Å². The average Bonchev–Trinajstić information content (AvgIpc) is 3.59. The number of rotatable bonds is 7. The number of aromatic nitrogens is 5. The van der Waals surface area contributed by atoms with Crippen LogP contribution < -0.4 is 5.73 Å². The summed E-state index contributed by atoms with van der Waals surface area (Å²) in [6.45, 7) is 7.53. The summed E-state index contributed by atoms with van der Waals surface area (Å²) >= 11 is 0. The van der Waals surface area contributed by atoms with Crippen LogP contribution in [0, 0.1) is 6.92 Å². The Kier molecular flexibility index (Phi) is 7.52. The molecule has 1 unspecified atom stereocenters. The largest absolute Gasteiger partial charge is 0.460 e. The number of aromatic amines is 2. The van der Waals surface area contributed by atoms with Gasteiger partial charge < -0.3 is 25.3 Å². The number of hydrogen-bond donors (Lipinski definition) is 3. The van der Waals surface area contributed by atoms with Crippen LogP contribution in [0.5, 0.6) is 0 Å². The number of amides is 1. The van der Waals surface area contributed by atoms with E-state index < -0.39 is 12.0 Å². The molecule has 1 aromatic carbocycles. The van der Waals surface area contributed by atoms with Gasteiger partial charge >= 0.3 is 5.97 Å². The molecule has 5 rings (SSSR count). The molecule has 37 heavy (non-hydrogen) atoms. The number of fused-ring (bicyclic) bond motifs is 1. The number of nitrogens with one attached hydrogen (secondary N) is 2. The predicted octanol–water partition coefficient (Wildman–Crippen LogP) is 1.91. The second-order valence-corrected chi connectivity index (χ2v) is 10.2. The van der Waals surface area contributed by atoms with Crippen molar-refractivity contribution in [3.05, 3.63) is 41.1 Å². The van der Waals surface area contributed by atoms with Gasteiger partial charge in [0.05, 0.1) is 24.4 Å². The van der Waals surface area contributed by atoms with Crippen molar-refractivity contribution in [1.82, 2.24) is 35.2 Å². The summed E-state index contributed by atoms with van der Waals surface area (Å²) in [6.07, 6.45) is 6.16. The van der Waals surface area contributed by atoms with Crippen molar-refractivity contribution in [2.45, 2.75) is 64.0 Å². The number of benzene rings is 1. The summed E-state index contributed by atoms with van der Waals surface area (Å²) in [5, 5.41) is 16.3. The molecule has 2 fully saturated rings. The van der Waals surface area contributed by atoms with Gasteiger partial charge in [-0.05, 0) is 76.2 Å². The molecule has 2 aromatic heterocycles. The lowest BCUT2D eigenvalue weighted by Crippen LogP contribution is -2.52. The van der Waals surface area contributed by atoms with Gasteiger partial charge in [-0.2, -0.15) is 5.10 Å². The maximum absolute atomic E-state index is 13.1. The van der Waals surface area contributed by atoms with E-state index in [1.807, 2.05) is 11.8 Å². The number of carbonyl (C=O) groups is 2. The van der Waals surface area contributed by atoms with Crippen molar-refractivity contribution in [2.75, 3.05) is 32.8 Å². The minimum absolute atomic E-state index is 0.0322. The molecule has 4 heterocycles. The van der Waals surface area contributed by atoms with Crippen LogP contribution in [-0.2, 0) is 16.0 Å². The molecule has 0 spiro atoms. The Labute approximate surface area is 216 Å². The Balaban J connectivity index is 1.09. The van der Waals surface area contributed by atoms with Gasteiger partial charge in [0.15, 0.2) is 0 Å². The van der Waals surface area contributed by atoms with Crippen LogP contribution in [0.25, 0.3) is 10.9 Å². The molecule has 11 heteroatoms. The molecule has 1 amide bonds. The molecule has 4 N–H and O–H groups in total. The predicted molar refractivity (Wildman–Crippen MR) is 138 cm³/mol. The highest BCUT2D eigenvalue weighted by Gasteiger charge is 2.32. The first-order valence-corrected chi connectivity index (χ1v) is 13.2. The minimum atomic E-state index is -0.544. The number of ether oxygens (including phenoxy) is 1. The molecule has 198 valence electrons. The quantitative estimate of drug-likeness (QED) is 0.410. The Morgan fingerprint density at radius 2 is 1.89 bits per heavy atom. The summed E-state index contributed by atoms with van der Waals surface area (Å²) in [5.41, 5.74) is 9.56. The number of nitrogens with zero attached hydrogens (tertiary/aromatic N) is 5. The van der Waals surface area contributed by atoms with Crippen molar-refractivity contribution in [3.63, 3.8) is 0 Å². The smallest absolute Gasteiger partial charge is 0.376 e. The topological polar surface area (TPSA) is 146 Å². The Hall–Kier alpha value is -3.31. The Morgan fingerprint density at radius 1 is 1.14 bits per heavy atom. The lowest BCUT2D eigenvalue weighted by Gasteiger charge is -2.42. The standard InChI is InChI=1S/C26H36N8O3/c1-3-37-26(36)24-29-23(31-32-24)18-4-8-33(9-5-18)20-6-10-34(11-7-20)25(35)21(27)14-17-12-16(2)22-19(13-17)15-28-30-22/h12-13,15,18,20-21H,3-11,14,27H2,1-2H3,(H,28,30)(H,29,31,32). The second-order valence-electron chi connectivity index (χ2n) is 10.2. The van der Waals surface area contributed by atoms with E-state index in [1.54, 1.807) is 13.1 Å². The Bertz CT molecular complexity index is 1240. The highest BCUT2D eigenvalue weighted by molar-refractivity contribution is 5.85. The van der Waals surface area contributed by atoms with Gasteiger partial charge in [-0.15, -0.1) is 10.2 Å². The number of piperidine rings is 2. The van der Waals surface area contributed by atoms with Gasteiger partial charge in [-0.25, -0.2) is 4.79 Å². The van der Waals surface area contributed by atoms with Crippen molar-refractivity contribution in [3.8, 4) is 0 Å². The summed E-state index contributed by atoms with van der Waals surface area (Å²) in [6, 6.07) is 4.07. The third-order valence-corrected chi connectivity index (χ3v) is 7.76. The van der Waals surface area contributed by atoms with E-state index in [1.165, 1.54) is 0 Å². The zero-order chi connectivity index (χ0) is 25.9. The number of nitrogens with two attached hydrogens (primary N) is 1. The molecular formula is C26H36N8O3. The molecule has 0 radical (unpaired) electrons. The number of esters is 1. The van der Waals surface area contributed by atoms with Gasteiger partial charge in [-0.1, -0.05) is 6.07 Å². The van der Waals surface area contributed by atoms with E-state index in [2.05, 4.69) is 42.4 Å². The molecule has 0 aliphatic carbocycles.